The number of hydrogen-bond donors (Lipinski definition) is 0. The van der Waals surface area contributed by atoms with Gasteiger partial charge in [-0.15, -0.1) is 0 Å². The number of halogens is 1. The van der Waals surface area contributed by atoms with Crippen molar-refractivity contribution in [2.24, 2.45) is 5.92 Å². The molecule has 26 heavy (non-hydrogen) atoms. The second-order valence-electron chi connectivity index (χ2n) is 6.79. The number of sulfonamides is 1. The van der Waals surface area contributed by atoms with Crippen LogP contribution in [0.15, 0.2) is 48.5 Å². The summed E-state index contributed by atoms with van der Waals surface area (Å²) < 4.78 is 26.8. The van der Waals surface area contributed by atoms with Gasteiger partial charge in [-0.3, -0.25) is 4.79 Å². The van der Waals surface area contributed by atoms with Gasteiger partial charge in [-0.05, 0) is 49.6 Å². The highest BCUT2D eigenvalue weighted by Crippen LogP contribution is 2.25. The molecular formula is C20H22ClNO3S. The number of aryl methyl sites for hydroxylation is 1. The number of nitrogens with zero attached hydrogens (tertiary/aromatic N) is 1. The van der Waals surface area contributed by atoms with Crippen molar-refractivity contribution in [2.45, 2.75) is 25.5 Å². The van der Waals surface area contributed by atoms with Crippen LogP contribution in [-0.2, 0) is 15.8 Å². The van der Waals surface area contributed by atoms with Crippen molar-refractivity contribution in [2.75, 3.05) is 13.1 Å². The summed E-state index contributed by atoms with van der Waals surface area (Å²) in [6.07, 6.45) is 1.10. The van der Waals surface area contributed by atoms with Crippen LogP contribution in [-0.4, -0.2) is 31.6 Å². The Bertz CT molecular complexity index is 868. The van der Waals surface area contributed by atoms with Crippen LogP contribution in [0.4, 0.5) is 0 Å². The Morgan fingerprint density at radius 3 is 2.19 bits per heavy atom. The van der Waals surface area contributed by atoms with Crippen LogP contribution in [0.5, 0.6) is 0 Å². The lowest BCUT2D eigenvalue weighted by molar-refractivity contribution is 0.0875. The van der Waals surface area contributed by atoms with Crippen molar-refractivity contribution in [1.29, 1.82) is 0 Å². The van der Waals surface area contributed by atoms with Gasteiger partial charge in [-0.2, -0.15) is 0 Å². The predicted octanol–water partition coefficient (Wildman–Crippen LogP) is 4.07. The number of piperidine rings is 1. The third-order valence-electron chi connectivity index (χ3n) is 4.82. The van der Waals surface area contributed by atoms with Gasteiger partial charge in [0.15, 0.2) is 5.78 Å². The van der Waals surface area contributed by atoms with Crippen LogP contribution < -0.4 is 0 Å². The maximum Gasteiger partial charge on any atom is 0.218 e. The molecule has 0 spiro atoms. The molecule has 1 aliphatic heterocycles. The van der Waals surface area contributed by atoms with Crippen molar-refractivity contribution in [3.63, 3.8) is 0 Å². The van der Waals surface area contributed by atoms with Crippen molar-refractivity contribution < 1.29 is 13.2 Å². The van der Waals surface area contributed by atoms with E-state index in [4.69, 9.17) is 11.6 Å². The van der Waals surface area contributed by atoms with Crippen molar-refractivity contribution >= 4 is 27.4 Å². The summed E-state index contributed by atoms with van der Waals surface area (Å²) in [6.45, 7) is 2.75. The summed E-state index contributed by atoms with van der Waals surface area (Å²) in [5, 5.41) is 0.596. The van der Waals surface area contributed by atoms with Gasteiger partial charge in [-0.25, -0.2) is 12.7 Å². The molecular weight excluding hydrogens is 370 g/mol. The molecule has 0 saturated carbocycles. The summed E-state index contributed by atoms with van der Waals surface area (Å²) in [7, 11) is -3.36. The molecule has 138 valence electrons. The molecule has 0 bridgehead atoms. The summed E-state index contributed by atoms with van der Waals surface area (Å²) in [5.41, 5.74) is 2.53. The van der Waals surface area contributed by atoms with E-state index < -0.39 is 10.0 Å². The first kappa shape index (κ1) is 19.1. The molecule has 2 aromatic rings. The topological polar surface area (TPSA) is 54.5 Å². The summed E-state index contributed by atoms with van der Waals surface area (Å²) >= 11 is 5.86. The fraction of sp³-hybridized carbons (Fsp3) is 0.350. The number of ketones is 1. The molecule has 0 radical (unpaired) electrons. The molecule has 0 amide bonds. The van der Waals surface area contributed by atoms with Crippen molar-refractivity contribution in [3.8, 4) is 0 Å². The molecule has 1 aliphatic rings. The van der Waals surface area contributed by atoms with Crippen LogP contribution in [0.1, 0.15) is 34.3 Å². The molecule has 6 heteroatoms. The number of carbonyl (C=O) groups is 1. The summed E-state index contributed by atoms with van der Waals surface area (Å²) in [4.78, 5) is 12.6. The summed E-state index contributed by atoms with van der Waals surface area (Å²) in [6, 6.07) is 14.4. The molecule has 1 heterocycles. The van der Waals surface area contributed by atoms with E-state index in [1.165, 1.54) is 4.31 Å². The Balaban J connectivity index is 1.61. The average Bonchev–Trinajstić information content (AvgIpc) is 2.64. The third kappa shape index (κ3) is 4.53. The van der Waals surface area contributed by atoms with Gasteiger partial charge in [0, 0.05) is 29.6 Å². The average molecular weight is 392 g/mol. The molecule has 0 atom stereocenters. The standard InChI is InChI=1S/C20H22ClNO3S/c1-15-2-4-16(5-3-15)14-26(24,25)22-12-10-18(11-13-22)20(23)17-6-8-19(21)9-7-17/h2-9,18H,10-14H2,1H3. The number of rotatable bonds is 5. The Labute approximate surface area is 159 Å². The molecule has 3 rings (SSSR count). The Morgan fingerprint density at radius 1 is 1.04 bits per heavy atom. The predicted molar refractivity (Wildman–Crippen MR) is 104 cm³/mol. The van der Waals surface area contributed by atoms with Gasteiger partial charge in [0.05, 0.1) is 5.75 Å². The third-order valence-corrected chi connectivity index (χ3v) is 6.92. The van der Waals surface area contributed by atoms with E-state index in [1.54, 1.807) is 24.3 Å². The maximum atomic E-state index is 12.7. The van der Waals surface area contributed by atoms with Crippen LogP contribution in [0.25, 0.3) is 0 Å². The van der Waals surface area contributed by atoms with E-state index >= 15 is 0 Å². The Kier molecular flexibility index (Phi) is 5.80. The highest BCUT2D eigenvalue weighted by molar-refractivity contribution is 7.88. The van der Waals surface area contributed by atoms with E-state index in [-0.39, 0.29) is 17.5 Å². The minimum atomic E-state index is -3.36. The first-order valence-electron chi connectivity index (χ1n) is 8.68. The first-order chi connectivity index (χ1) is 12.3. The maximum absolute atomic E-state index is 12.7. The van der Waals surface area contributed by atoms with Gasteiger partial charge >= 0.3 is 0 Å². The zero-order chi connectivity index (χ0) is 18.7. The van der Waals surface area contributed by atoms with E-state index in [2.05, 4.69) is 0 Å². The Hall–Kier alpha value is -1.69. The fourth-order valence-electron chi connectivity index (χ4n) is 3.23. The van der Waals surface area contributed by atoms with Crippen molar-refractivity contribution in [1.82, 2.24) is 4.31 Å². The quantitative estimate of drug-likeness (QED) is 0.722. The second-order valence-corrected chi connectivity index (χ2v) is 9.19. The molecule has 1 fully saturated rings. The van der Waals surface area contributed by atoms with E-state index in [9.17, 15) is 13.2 Å². The van der Waals surface area contributed by atoms with E-state index in [0.717, 1.165) is 11.1 Å². The molecule has 1 saturated heterocycles. The smallest absolute Gasteiger partial charge is 0.218 e. The number of hydrogen-bond acceptors (Lipinski definition) is 3. The largest absolute Gasteiger partial charge is 0.294 e. The van der Waals surface area contributed by atoms with Gasteiger partial charge in [0.1, 0.15) is 0 Å². The monoisotopic (exact) mass is 391 g/mol. The number of Topliss-reactive ketones (excluding diaryl/α,β-unsaturated/α-hetero) is 1. The highest BCUT2D eigenvalue weighted by atomic mass is 35.5. The zero-order valence-corrected chi connectivity index (χ0v) is 16.3. The van der Waals surface area contributed by atoms with Crippen molar-refractivity contribution in [3.05, 3.63) is 70.2 Å². The minimum Gasteiger partial charge on any atom is -0.294 e. The second kappa shape index (κ2) is 7.91. The Morgan fingerprint density at radius 2 is 1.62 bits per heavy atom. The number of carbonyl (C=O) groups excluding carboxylic acids is 1. The normalized spacial score (nSPS) is 16.5. The molecule has 4 nitrogen and oxygen atoms in total. The lowest BCUT2D eigenvalue weighted by Gasteiger charge is -2.30. The van der Waals surface area contributed by atoms with Gasteiger partial charge < -0.3 is 0 Å². The molecule has 0 aromatic heterocycles. The minimum absolute atomic E-state index is 0.00305. The van der Waals surface area contributed by atoms with Gasteiger partial charge in [0.2, 0.25) is 10.0 Å². The lowest BCUT2D eigenvalue weighted by Crippen LogP contribution is -2.40. The molecule has 0 N–H and O–H groups in total. The lowest BCUT2D eigenvalue weighted by atomic mass is 9.90. The van der Waals surface area contributed by atoms with Crippen LogP contribution in [0, 0.1) is 12.8 Å². The van der Waals surface area contributed by atoms with Crippen LogP contribution >= 0.6 is 11.6 Å². The zero-order valence-electron chi connectivity index (χ0n) is 14.7. The number of benzene rings is 2. The first-order valence-corrected chi connectivity index (χ1v) is 10.7. The molecule has 0 aliphatic carbocycles. The molecule has 0 unspecified atom stereocenters. The highest BCUT2D eigenvalue weighted by Gasteiger charge is 2.31. The molecule has 2 aromatic carbocycles. The van der Waals surface area contributed by atoms with E-state index in [1.807, 2.05) is 31.2 Å². The van der Waals surface area contributed by atoms with Crippen LogP contribution in [0.2, 0.25) is 5.02 Å². The van der Waals surface area contributed by atoms with Crippen LogP contribution in [0.3, 0.4) is 0 Å². The SMILES string of the molecule is Cc1ccc(CS(=O)(=O)N2CCC(C(=O)c3ccc(Cl)cc3)CC2)cc1. The van der Waals surface area contributed by atoms with Gasteiger partial charge in [0.25, 0.3) is 0 Å². The van der Waals surface area contributed by atoms with Gasteiger partial charge in [-0.1, -0.05) is 41.4 Å². The summed E-state index contributed by atoms with van der Waals surface area (Å²) in [5.74, 6) is -0.0671. The van der Waals surface area contributed by atoms with E-state index in [0.29, 0.717) is 36.5 Å². The fourth-order valence-corrected chi connectivity index (χ4v) is 4.92.